The average molecular weight is 499 g/mol. The number of halogens is 2. The van der Waals surface area contributed by atoms with Gasteiger partial charge < -0.3 is 14.2 Å². The topological polar surface area (TPSA) is 61.8 Å². The van der Waals surface area contributed by atoms with Gasteiger partial charge in [-0.2, -0.15) is 0 Å². The number of allylic oxidation sites excluding steroid dienone is 4. The van der Waals surface area contributed by atoms with E-state index in [0.717, 1.165) is 24.0 Å². The van der Waals surface area contributed by atoms with Crippen molar-refractivity contribution in [2.75, 3.05) is 7.11 Å². The van der Waals surface area contributed by atoms with Crippen molar-refractivity contribution in [1.29, 1.82) is 0 Å². The van der Waals surface area contributed by atoms with E-state index in [1.54, 1.807) is 19.2 Å². The van der Waals surface area contributed by atoms with Crippen LogP contribution in [0.15, 0.2) is 59.1 Å². The number of rotatable bonds is 5. The van der Waals surface area contributed by atoms with Crippen molar-refractivity contribution in [3.05, 3.63) is 80.2 Å². The lowest BCUT2D eigenvalue weighted by Crippen LogP contribution is -2.30. The first kappa shape index (κ1) is 23.0. The molecule has 2 aliphatic carbocycles. The third kappa shape index (κ3) is 4.23. The fourth-order valence-corrected chi connectivity index (χ4v) is 5.39. The van der Waals surface area contributed by atoms with Crippen molar-refractivity contribution >= 4 is 34.8 Å². The molecule has 0 radical (unpaired) electrons. The van der Waals surface area contributed by atoms with Gasteiger partial charge in [0.15, 0.2) is 23.1 Å². The van der Waals surface area contributed by atoms with E-state index in [4.69, 9.17) is 37.4 Å². The first-order chi connectivity index (χ1) is 16.5. The van der Waals surface area contributed by atoms with Crippen LogP contribution >= 0.6 is 23.2 Å². The van der Waals surface area contributed by atoms with Crippen molar-refractivity contribution in [1.82, 2.24) is 0 Å². The third-order valence-corrected chi connectivity index (χ3v) is 7.15. The highest BCUT2D eigenvalue weighted by Crippen LogP contribution is 2.48. The van der Waals surface area contributed by atoms with Crippen LogP contribution in [0.5, 0.6) is 11.5 Å². The fourth-order valence-electron chi connectivity index (χ4n) is 4.93. The Balaban J connectivity index is 1.51. The van der Waals surface area contributed by atoms with Crippen molar-refractivity contribution < 1.29 is 23.8 Å². The molecule has 0 spiro atoms. The highest BCUT2D eigenvalue weighted by atomic mass is 35.5. The summed E-state index contributed by atoms with van der Waals surface area (Å²) in [5.74, 6) is 2.15. The average Bonchev–Trinajstić information content (AvgIpc) is 2.82. The molecule has 0 saturated heterocycles. The van der Waals surface area contributed by atoms with Crippen molar-refractivity contribution in [3.8, 4) is 11.5 Å². The predicted molar refractivity (Wildman–Crippen MR) is 129 cm³/mol. The summed E-state index contributed by atoms with van der Waals surface area (Å²) in [5.41, 5.74) is 2.85. The van der Waals surface area contributed by atoms with E-state index in [-0.39, 0.29) is 18.2 Å². The van der Waals surface area contributed by atoms with Gasteiger partial charge in [-0.3, -0.25) is 9.59 Å². The summed E-state index contributed by atoms with van der Waals surface area (Å²) in [7, 11) is 1.57. The number of carbonyl (C=O) groups is 2. The Bertz CT molecular complexity index is 1200. The zero-order valence-electron chi connectivity index (χ0n) is 18.8. The summed E-state index contributed by atoms with van der Waals surface area (Å²) in [5, 5.41) is 1.08. The lowest BCUT2D eigenvalue weighted by atomic mass is 9.73. The van der Waals surface area contributed by atoms with Crippen molar-refractivity contribution in [3.63, 3.8) is 0 Å². The fraction of sp³-hybridized carbons (Fsp3) is 0.333. The number of ketones is 2. The van der Waals surface area contributed by atoms with Crippen LogP contribution in [-0.2, 0) is 20.9 Å². The molecule has 3 aliphatic rings. The zero-order valence-corrected chi connectivity index (χ0v) is 20.3. The highest BCUT2D eigenvalue weighted by Gasteiger charge is 2.41. The largest absolute Gasteiger partial charge is 0.493 e. The molecular weight excluding hydrogens is 475 g/mol. The molecule has 176 valence electrons. The minimum atomic E-state index is -0.437. The van der Waals surface area contributed by atoms with Crippen LogP contribution in [0, 0.1) is 0 Å². The maximum absolute atomic E-state index is 13.0. The Hall–Kier alpha value is -2.76. The summed E-state index contributed by atoms with van der Waals surface area (Å²) in [6.07, 6.45) is 3.89. The molecular formula is C27H24Cl2O5. The molecule has 0 saturated carbocycles. The molecule has 0 fully saturated rings. The quantitative estimate of drug-likeness (QED) is 0.458. The lowest BCUT2D eigenvalue weighted by Gasteiger charge is -2.36. The van der Waals surface area contributed by atoms with Crippen LogP contribution in [0.25, 0.3) is 0 Å². The van der Waals surface area contributed by atoms with E-state index in [1.807, 2.05) is 24.3 Å². The Morgan fingerprint density at radius 1 is 0.882 bits per heavy atom. The summed E-state index contributed by atoms with van der Waals surface area (Å²) < 4.78 is 17.7. The first-order valence-corrected chi connectivity index (χ1v) is 12.2. The molecule has 0 amide bonds. The molecule has 0 aromatic heterocycles. The molecule has 0 bridgehead atoms. The molecule has 2 aromatic rings. The Kier molecular flexibility index (Phi) is 6.41. The van der Waals surface area contributed by atoms with E-state index in [1.165, 1.54) is 0 Å². The molecule has 2 aromatic carbocycles. The lowest BCUT2D eigenvalue weighted by molar-refractivity contribution is -0.117. The first-order valence-electron chi connectivity index (χ1n) is 11.4. The molecule has 5 nitrogen and oxygen atoms in total. The summed E-state index contributed by atoms with van der Waals surface area (Å²) in [4.78, 5) is 26.0. The van der Waals surface area contributed by atoms with Gasteiger partial charge in [-0.15, -0.1) is 0 Å². The van der Waals surface area contributed by atoms with Gasteiger partial charge >= 0.3 is 0 Å². The normalized spacial score (nSPS) is 18.4. The van der Waals surface area contributed by atoms with E-state index in [0.29, 0.717) is 69.9 Å². The van der Waals surface area contributed by atoms with Gasteiger partial charge in [-0.05, 0) is 42.7 Å². The standard InChI is InChI=1S/C27H24Cl2O5/c1-32-24-12-15(9-11-21(24)33-14-16-8-10-17(28)13-18(16)29)25-26-19(30)4-2-6-22(26)34-23-7-3-5-20(31)27(23)25/h8-13,25H,2-7,14H2,1H3. The zero-order chi connectivity index (χ0) is 23.8. The molecule has 34 heavy (non-hydrogen) atoms. The molecule has 7 heteroatoms. The van der Waals surface area contributed by atoms with Gasteiger partial charge in [0.05, 0.1) is 7.11 Å². The highest BCUT2D eigenvalue weighted by molar-refractivity contribution is 6.35. The van der Waals surface area contributed by atoms with Crippen LogP contribution in [0.2, 0.25) is 10.0 Å². The molecule has 1 aliphatic heterocycles. The second kappa shape index (κ2) is 9.47. The van der Waals surface area contributed by atoms with Crippen molar-refractivity contribution in [2.45, 2.75) is 51.0 Å². The van der Waals surface area contributed by atoms with Gasteiger partial charge in [0.1, 0.15) is 18.1 Å². The van der Waals surface area contributed by atoms with Gasteiger partial charge in [0, 0.05) is 58.4 Å². The van der Waals surface area contributed by atoms with Gasteiger partial charge in [0.2, 0.25) is 0 Å². The minimum absolute atomic E-state index is 0.0489. The van der Waals surface area contributed by atoms with Gasteiger partial charge in [-0.25, -0.2) is 0 Å². The van der Waals surface area contributed by atoms with Crippen LogP contribution in [0.4, 0.5) is 0 Å². The molecule has 0 atom stereocenters. The number of hydrogen-bond acceptors (Lipinski definition) is 5. The Morgan fingerprint density at radius 2 is 1.56 bits per heavy atom. The summed E-state index contributed by atoms with van der Waals surface area (Å²) in [6, 6.07) is 10.8. The SMILES string of the molecule is COc1cc(C2C3=C(CCCC3=O)OC3=C2C(=O)CCC3)ccc1OCc1ccc(Cl)cc1Cl. The number of methoxy groups -OCH3 is 1. The third-order valence-electron chi connectivity index (χ3n) is 6.56. The van der Waals surface area contributed by atoms with Crippen LogP contribution in [0.1, 0.15) is 55.6 Å². The number of carbonyl (C=O) groups excluding carboxylic acids is 2. The maximum Gasteiger partial charge on any atom is 0.163 e. The number of benzene rings is 2. The minimum Gasteiger partial charge on any atom is -0.493 e. The van der Waals surface area contributed by atoms with Gasteiger partial charge in [0.25, 0.3) is 0 Å². The van der Waals surface area contributed by atoms with E-state index in [2.05, 4.69) is 0 Å². The second-order valence-electron chi connectivity index (χ2n) is 8.70. The van der Waals surface area contributed by atoms with E-state index in [9.17, 15) is 9.59 Å². The number of hydrogen-bond donors (Lipinski definition) is 0. The number of Topliss-reactive ketones (excluding diaryl/α,β-unsaturated/α-hetero) is 2. The maximum atomic E-state index is 13.0. The molecule has 5 rings (SSSR count). The molecule has 0 N–H and O–H groups in total. The van der Waals surface area contributed by atoms with Crippen LogP contribution in [-0.4, -0.2) is 18.7 Å². The smallest absolute Gasteiger partial charge is 0.163 e. The van der Waals surface area contributed by atoms with E-state index < -0.39 is 5.92 Å². The van der Waals surface area contributed by atoms with E-state index >= 15 is 0 Å². The monoisotopic (exact) mass is 498 g/mol. The number of ether oxygens (including phenoxy) is 3. The van der Waals surface area contributed by atoms with Crippen LogP contribution < -0.4 is 9.47 Å². The summed E-state index contributed by atoms with van der Waals surface area (Å²) in [6.45, 7) is 0.241. The molecule has 1 heterocycles. The Labute approximate surface area is 208 Å². The van der Waals surface area contributed by atoms with Gasteiger partial charge in [-0.1, -0.05) is 35.3 Å². The second-order valence-corrected chi connectivity index (χ2v) is 9.54. The van der Waals surface area contributed by atoms with Crippen LogP contribution in [0.3, 0.4) is 0 Å². The van der Waals surface area contributed by atoms with Crippen molar-refractivity contribution in [2.24, 2.45) is 0 Å². The summed E-state index contributed by atoms with van der Waals surface area (Å²) >= 11 is 12.3. The Morgan fingerprint density at radius 3 is 2.18 bits per heavy atom. The predicted octanol–water partition coefficient (Wildman–Crippen LogP) is 6.71. The molecule has 0 unspecified atom stereocenters.